The van der Waals surface area contributed by atoms with Crippen LogP contribution in [0.15, 0.2) is 42.5 Å². The van der Waals surface area contributed by atoms with Crippen molar-refractivity contribution >= 4 is 22.8 Å². The van der Waals surface area contributed by atoms with Crippen LogP contribution in [0.1, 0.15) is 32.6 Å². The maximum atomic E-state index is 13.2. The lowest BCUT2D eigenvalue weighted by Crippen LogP contribution is -2.21. The van der Waals surface area contributed by atoms with Gasteiger partial charge in [0.25, 0.3) is 11.3 Å². The van der Waals surface area contributed by atoms with Crippen LogP contribution in [0.25, 0.3) is 11.3 Å². The van der Waals surface area contributed by atoms with Crippen LogP contribution in [0.4, 0.5) is 0 Å². The first-order chi connectivity index (χ1) is 13.4. The van der Waals surface area contributed by atoms with Gasteiger partial charge >= 0.3 is 0 Å². The maximum Gasteiger partial charge on any atom is 0.285 e. The minimum Gasteiger partial charge on any atom is -0.494 e. The number of nitrogens with zero attached hydrogens (tertiary/aromatic N) is 1. The zero-order chi connectivity index (χ0) is 20.0. The van der Waals surface area contributed by atoms with Gasteiger partial charge in [-0.15, -0.1) is 0 Å². The molecule has 4 rings (SSSR count). The fraction of sp³-hybridized carbons (Fsp3) is 0. The number of aromatic amines is 1. The van der Waals surface area contributed by atoms with E-state index in [0.717, 1.165) is 0 Å². The number of aromatic nitrogens is 1. The van der Waals surface area contributed by atoms with Crippen molar-refractivity contribution in [2.24, 2.45) is 5.14 Å². The molecule has 0 aliphatic heterocycles. The smallest absolute Gasteiger partial charge is 0.285 e. The minimum atomic E-state index is -1.97. The van der Waals surface area contributed by atoms with Crippen molar-refractivity contribution in [3.8, 4) is 29.0 Å². The van der Waals surface area contributed by atoms with Crippen molar-refractivity contribution in [1.29, 1.82) is 10.7 Å². The third kappa shape index (κ3) is 2.60. The van der Waals surface area contributed by atoms with Gasteiger partial charge in [-0.1, -0.05) is 12.1 Å². The van der Waals surface area contributed by atoms with Crippen molar-refractivity contribution in [2.75, 3.05) is 0 Å². The summed E-state index contributed by atoms with van der Waals surface area (Å²) in [6.07, 6.45) is 0. The lowest BCUT2D eigenvalue weighted by molar-refractivity contribution is 0.103. The number of aromatic hydroxyl groups is 1. The average Bonchev–Trinajstić information content (AvgIpc) is 3.03. The fourth-order valence-corrected chi connectivity index (χ4v) is 3.60. The van der Waals surface area contributed by atoms with Gasteiger partial charge in [-0.2, -0.15) is 9.47 Å². The van der Waals surface area contributed by atoms with Gasteiger partial charge in [-0.25, -0.2) is 5.14 Å². The van der Waals surface area contributed by atoms with Crippen molar-refractivity contribution < 1.29 is 18.3 Å². The second kappa shape index (κ2) is 6.45. The number of nitrogens with one attached hydrogen (secondary N) is 2. The zero-order valence-electron chi connectivity index (χ0n) is 14.1. The third-order valence-corrected chi connectivity index (χ3v) is 4.82. The van der Waals surface area contributed by atoms with Crippen LogP contribution in [-0.4, -0.2) is 25.8 Å². The molecule has 0 radical (unpaired) electrons. The quantitative estimate of drug-likeness (QED) is 0.421. The van der Waals surface area contributed by atoms with Crippen LogP contribution in [0.3, 0.4) is 0 Å². The highest BCUT2D eigenvalue weighted by Crippen LogP contribution is 2.40. The second-order valence-electron chi connectivity index (χ2n) is 6.01. The number of benzene rings is 2. The zero-order valence-corrected chi connectivity index (χ0v) is 15.0. The first kappa shape index (κ1) is 17.7. The van der Waals surface area contributed by atoms with E-state index in [2.05, 4.69) is 4.98 Å². The summed E-state index contributed by atoms with van der Waals surface area (Å²) < 4.78 is 15.8. The molecule has 1 aromatic heterocycles. The monoisotopic (exact) mass is 392 g/mol. The molecule has 1 heterocycles. The molecule has 0 fully saturated rings. The number of H-pyrrole nitrogens is 1. The van der Waals surface area contributed by atoms with Crippen molar-refractivity contribution in [3.05, 3.63) is 70.3 Å². The molecule has 8 nitrogen and oxygen atoms in total. The molecule has 0 amide bonds. The molecule has 0 saturated carbocycles. The van der Waals surface area contributed by atoms with Crippen molar-refractivity contribution in [1.82, 2.24) is 4.98 Å². The van der Waals surface area contributed by atoms with E-state index in [1.165, 1.54) is 18.2 Å². The summed E-state index contributed by atoms with van der Waals surface area (Å²) >= 11 is -1.97. The van der Waals surface area contributed by atoms with E-state index < -0.39 is 17.0 Å². The fourth-order valence-electron chi connectivity index (χ4n) is 3.30. The van der Waals surface area contributed by atoms with Crippen molar-refractivity contribution in [3.63, 3.8) is 0 Å². The topological polar surface area (TPSA) is 153 Å². The number of carbonyl (C=O) groups is 1. The van der Waals surface area contributed by atoms with Gasteiger partial charge in [0, 0.05) is 11.1 Å². The van der Waals surface area contributed by atoms with Gasteiger partial charge in [-0.05, 0) is 35.9 Å². The van der Waals surface area contributed by atoms with E-state index in [1.807, 2.05) is 6.07 Å². The van der Waals surface area contributed by atoms with E-state index in [4.69, 9.17) is 14.7 Å². The Labute approximate surface area is 161 Å². The van der Waals surface area contributed by atoms with Crippen LogP contribution < -0.4 is 9.32 Å². The molecule has 1 unspecified atom stereocenters. The number of ketones is 1. The molecule has 0 saturated heterocycles. The highest BCUT2D eigenvalue weighted by Gasteiger charge is 2.36. The highest BCUT2D eigenvalue weighted by molar-refractivity contribution is 7.78. The Morgan fingerprint density at radius 2 is 1.86 bits per heavy atom. The second-order valence-corrected chi connectivity index (χ2v) is 6.70. The van der Waals surface area contributed by atoms with Gasteiger partial charge in [0.15, 0.2) is 11.7 Å². The molecular formula is C19H12N4O4S. The highest BCUT2D eigenvalue weighted by atomic mass is 32.2. The largest absolute Gasteiger partial charge is 0.494 e. The van der Waals surface area contributed by atoms with Crippen LogP contribution >= 0.6 is 0 Å². The molecule has 0 spiro atoms. The minimum absolute atomic E-state index is 0.0415. The molecule has 138 valence electrons. The summed E-state index contributed by atoms with van der Waals surface area (Å²) in [4.78, 5) is 15.9. The standard InChI is InChI=1S/C19H12N4O4S/c20-8-10-2-1-3-12-13(10)18(24)15-14(16(12)21)19(25)23-17(15)9-4-6-11(7-5-9)27-28(22)26/h1-7,21,23,25H,22H2. The van der Waals surface area contributed by atoms with Crippen LogP contribution in [0.2, 0.25) is 0 Å². The first-order valence-corrected chi connectivity index (χ1v) is 9.13. The molecule has 0 bridgehead atoms. The molecule has 5 N–H and O–H groups in total. The normalized spacial score (nSPS) is 13.4. The lowest BCUT2D eigenvalue weighted by Gasteiger charge is -2.18. The number of rotatable bonds is 3. The van der Waals surface area contributed by atoms with Gasteiger partial charge in [0.05, 0.1) is 34.2 Å². The summed E-state index contributed by atoms with van der Waals surface area (Å²) in [5, 5.41) is 33.2. The SMILES string of the molecule is N#Cc1cccc2c1C(=O)c1c(-c3ccc(OS(N)=O)cc3)[nH]c(O)c1C2=N. The molecule has 2 aromatic carbocycles. The predicted octanol–water partition coefficient (Wildman–Crippen LogP) is 2.14. The summed E-state index contributed by atoms with van der Waals surface area (Å²) in [7, 11) is 0. The summed E-state index contributed by atoms with van der Waals surface area (Å²) in [5.74, 6) is -0.488. The Balaban J connectivity index is 1.89. The number of carbonyl (C=O) groups excluding carboxylic acids is 1. The average molecular weight is 392 g/mol. The lowest BCUT2D eigenvalue weighted by atomic mass is 9.81. The molecule has 9 heteroatoms. The van der Waals surface area contributed by atoms with Gasteiger partial charge in [-0.3, -0.25) is 10.2 Å². The summed E-state index contributed by atoms with van der Waals surface area (Å²) in [6.45, 7) is 0. The number of fused-ring (bicyclic) bond motifs is 2. The summed E-state index contributed by atoms with van der Waals surface area (Å²) in [5.41, 5.74) is 1.61. The number of hydrogen-bond donors (Lipinski definition) is 4. The Morgan fingerprint density at radius 1 is 1.14 bits per heavy atom. The third-order valence-electron chi connectivity index (χ3n) is 4.46. The number of nitriles is 1. The van der Waals surface area contributed by atoms with E-state index in [-0.39, 0.29) is 39.6 Å². The van der Waals surface area contributed by atoms with E-state index >= 15 is 0 Å². The number of nitrogens with two attached hydrogens (primary N) is 1. The van der Waals surface area contributed by atoms with Crippen molar-refractivity contribution in [2.45, 2.75) is 0 Å². The predicted molar refractivity (Wildman–Crippen MR) is 101 cm³/mol. The Hall–Kier alpha value is -3.74. The first-order valence-electron chi connectivity index (χ1n) is 7.99. The van der Waals surface area contributed by atoms with E-state index in [0.29, 0.717) is 16.8 Å². The maximum absolute atomic E-state index is 13.2. The van der Waals surface area contributed by atoms with Gasteiger partial charge < -0.3 is 14.3 Å². The Kier molecular flexibility index (Phi) is 4.07. The van der Waals surface area contributed by atoms with Crippen LogP contribution in [0, 0.1) is 16.7 Å². The van der Waals surface area contributed by atoms with E-state index in [9.17, 15) is 19.4 Å². The number of hydrogen-bond acceptors (Lipinski definition) is 6. The molecule has 1 aliphatic rings. The van der Waals surface area contributed by atoms with Gasteiger partial charge in [0.2, 0.25) is 0 Å². The molecular weight excluding hydrogens is 380 g/mol. The Morgan fingerprint density at radius 3 is 2.50 bits per heavy atom. The van der Waals surface area contributed by atoms with Crippen LogP contribution in [0.5, 0.6) is 11.6 Å². The molecule has 1 atom stereocenters. The molecule has 28 heavy (non-hydrogen) atoms. The van der Waals surface area contributed by atoms with Crippen LogP contribution in [-0.2, 0) is 11.3 Å². The molecule has 1 aliphatic carbocycles. The summed E-state index contributed by atoms with van der Waals surface area (Å²) in [6, 6.07) is 12.9. The Bertz CT molecular complexity index is 1220. The molecule has 3 aromatic rings. The van der Waals surface area contributed by atoms with E-state index in [1.54, 1.807) is 24.3 Å². The van der Waals surface area contributed by atoms with Gasteiger partial charge in [0.1, 0.15) is 5.75 Å².